The molecule has 0 saturated carbocycles. The van der Waals surface area contributed by atoms with Crippen molar-refractivity contribution in [1.82, 2.24) is 4.90 Å². The van der Waals surface area contributed by atoms with Crippen molar-refractivity contribution in [2.75, 3.05) is 6.54 Å². The lowest BCUT2D eigenvalue weighted by atomic mass is 10.1. The highest BCUT2D eigenvalue weighted by molar-refractivity contribution is 5.81. The van der Waals surface area contributed by atoms with Crippen LogP contribution in [0.15, 0.2) is 0 Å². The van der Waals surface area contributed by atoms with Crippen molar-refractivity contribution >= 4 is 5.91 Å². The highest BCUT2D eigenvalue weighted by Crippen LogP contribution is 2.05. The molecule has 0 fully saturated rings. The van der Waals surface area contributed by atoms with Gasteiger partial charge in [-0.2, -0.15) is 0 Å². The van der Waals surface area contributed by atoms with Gasteiger partial charge in [0.1, 0.15) is 0 Å². The molecule has 0 aromatic rings. The fourth-order valence-electron chi connectivity index (χ4n) is 1.54. The van der Waals surface area contributed by atoms with E-state index in [4.69, 9.17) is 5.73 Å². The van der Waals surface area contributed by atoms with Gasteiger partial charge in [-0.15, -0.1) is 0 Å². The van der Waals surface area contributed by atoms with Gasteiger partial charge in [-0.3, -0.25) is 4.79 Å². The van der Waals surface area contributed by atoms with Gasteiger partial charge in [-0.1, -0.05) is 19.8 Å². The Morgan fingerprint density at radius 3 is 2.29 bits per heavy atom. The smallest absolute Gasteiger partial charge is 0.239 e. The zero-order valence-electron chi connectivity index (χ0n) is 9.92. The molecule has 1 atom stereocenters. The molecular weight excluding hydrogens is 176 g/mol. The SMILES string of the molecule is CCCC[C@H](N)C(=O)N(CC)C(C)C. The molecule has 84 valence electrons. The van der Waals surface area contributed by atoms with Crippen LogP contribution in [-0.4, -0.2) is 29.4 Å². The lowest BCUT2D eigenvalue weighted by Gasteiger charge is -2.28. The van der Waals surface area contributed by atoms with Gasteiger partial charge >= 0.3 is 0 Å². The number of carbonyl (C=O) groups excluding carboxylic acids is 1. The molecule has 0 aliphatic heterocycles. The maximum atomic E-state index is 11.8. The Bertz CT molecular complexity index is 169. The van der Waals surface area contributed by atoms with Crippen LogP contribution in [0, 0.1) is 0 Å². The van der Waals surface area contributed by atoms with E-state index in [0.717, 1.165) is 25.8 Å². The van der Waals surface area contributed by atoms with Crippen molar-refractivity contribution in [2.45, 2.75) is 59.0 Å². The van der Waals surface area contributed by atoms with Crippen LogP contribution in [0.4, 0.5) is 0 Å². The monoisotopic (exact) mass is 200 g/mol. The van der Waals surface area contributed by atoms with Crippen LogP contribution in [0.2, 0.25) is 0 Å². The maximum absolute atomic E-state index is 11.8. The summed E-state index contributed by atoms with van der Waals surface area (Å²) >= 11 is 0. The number of likely N-dealkylation sites (N-methyl/N-ethyl adjacent to an activating group) is 1. The first-order chi connectivity index (χ1) is 6.54. The summed E-state index contributed by atoms with van der Waals surface area (Å²) in [6.07, 6.45) is 2.93. The molecule has 0 saturated heterocycles. The van der Waals surface area contributed by atoms with Crippen LogP contribution in [0.3, 0.4) is 0 Å². The minimum atomic E-state index is -0.308. The Balaban J connectivity index is 4.13. The normalized spacial score (nSPS) is 13.0. The van der Waals surface area contributed by atoms with Gasteiger partial charge in [-0.25, -0.2) is 0 Å². The third-order valence-electron chi connectivity index (χ3n) is 2.43. The van der Waals surface area contributed by atoms with E-state index >= 15 is 0 Å². The summed E-state index contributed by atoms with van der Waals surface area (Å²) in [4.78, 5) is 13.7. The average Bonchev–Trinajstić information content (AvgIpc) is 2.14. The molecule has 0 rings (SSSR count). The molecule has 0 aliphatic rings. The lowest BCUT2D eigenvalue weighted by molar-refractivity contribution is -0.134. The minimum Gasteiger partial charge on any atom is -0.339 e. The number of unbranched alkanes of at least 4 members (excludes halogenated alkanes) is 1. The van der Waals surface area contributed by atoms with Crippen LogP contribution in [0.1, 0.15) is 47.0 Å². The van der Waals surface area contributed by atoms with Crippen LogP contribution in [-0.2, 0) is 4.79 Å². The minimum absolute atomic E-state index is 0.0935. The first kappa shape index (κ1) is 13.4. The number of carbonyl (C=O) groups is 1. The molecule has 3 nitrogen and oxygen atoms in total. The second kappa shape index (κ2) is 6.82. The van der Waals surface area contributed by atoms with Crippen molar-refractivity contribution in [3.63, 3.8) is 0 Å². The van der Waals surface area contributed by atoms with Crippen molar-refractivity contribution in [3.8, 4) is 0 Å². The summed E-state index contributed by atoms with van der Waals surface area (Å²) in [5.41, 5.74) is 5.83. The predicted octanol–water partition coefficient (Wildman–Crippen LogP) is 1.76. The van der Waals surface area contributed by atoms with E-state index in [1.807, 2.05) is 25.7 Å². The number of rotatable bonds is 6. The van der Waals surface area contributed by atoms with Gasteiger partial charge in [-0.05, 0) is 27.2 Å². The first-order valence-corrected chi connectivity index (χ1v) is 5.60. The first-order valence-electron chi connectivity index (χ1n) is 5.60. The number of hydrogen-bond donors (Lipinski definition) is 1. The summed E-state index contributed by atoms with van der Waals surface area (Å²) in [6.45, 7) is 8.89. The van der Waals surface area contributed by atoms with E-state index in [9.17, 15) is 4.79 Å². The van der Waals surface area contributed by atoms with Gasteiger partial charge in [0.2, 0.25) is 5.91 Å². The zero-order valence-corrected chi connectivity index (χ0v) is 9.92. The van der Waals surface area contributed by atoms with E-state index in [2.05, 4.69) is 6.92 Å². The van der Waals surface area contributed by atoms with E-state index in [-0.39, 0.29) is 18.0 Å². The fraction of sp³-hybridized carbons (Fsp3) is 0.909. The van der Waals surface area contributed by atoms with Crippen LogP contribution >= 0.6 is 0 Å². The molecule has 2 N–H and O–H groups in total. The molecule has 0 aromatic carbocycles. The molecule has 1 amide bonds. The molecule has 0 bridgehead atoms. The molecule has 14 heavy (non-hydrogen) atoms. The van der Waals surface area contributed by atoms with Crippen LogP contribution < -0.4 is 5.73 Å². The number of nitrogens with two attached hydrogens (primary N) is 1. The average molecular weight is 200 g/mol. The van der Waals surface area contributed by atoms with E-state index in [1.165, 1.54) is 0 Å². The maximum Gasteiger partial charge on any atom is 0.239 e. The molecule has 0 unspecified atom stereocenters. The summed E-state index contributed by atoms with van der Waals surface area (Å²) in [7, 11) is 0. The van der Waals surface area contributed by atoms with Gasteiger partial charge < -0.3 is 10.6 Å². The Labute approximate surface area is 87.6 Å². The molecule has 0 aromatic heterocycles. The molecule has 0 spiro atoms. The number of amides is 1. The van der Waals surface area contributed by atoms with Crippen molar-refractivity contribution in [2.24, 2.45) is 5.73 Å². The van der Waals surface area contributed by atoms with Crippen LogP contribution in [0.5, 0.6) is 0 Å². The van der Waals surface area contributed by atoms with Gasteiger partial charge in [0.25, 0.3) is 0 Å². The predicted molar refractivity (Wildman–Crippen MR) is 60.0 cm³/mol. The summed E-state index contributed by atoms with van der Waals surface area (Å²) < 4.78 is 0. The summed E-state index contributed by atoms with van der Waals surface area (Å²) in [6, 6.07) is -0.0579. The van der Waals surface area contributed by atoms with E-state index in [0.29, 0.717) is 0 Å². The Kier molecular flexibility index (Phi) is 6.54. The van der Waals surface area contributed by atoms with Crippen molar-refractivity contribution < 1.29 is 4.79 Å². The highest BCUT2D eigenvalue weighted by Gasteiger charge is 2.20. The fourth-order valence-corrected chi connectivity index (χ4v) is 1.54. The van der Waals surface area contributed by atoms with E-state index < -0.39 is 0 Å². The van der Waals surface area contributed by atoms with Gasteiger partial charge in [0.05, 0.1) is 6.04 Å². The molecule has 0 radical (unpaired) electrons. The third kappa shape index (κ3) is 4.09. The number of hydrogen-bond acceptors (Lipinski definition) is 2. The largest absolute Gasteiger partial charge is 0.339 e. The van der Waals surface area contributed by atoms with Gasteiger partial charge in [0.15, 0.2) is 0 Å². The van der Waals surface area contributed by atoms with Crippen molar-refractivity contribution in [1.29, 1.82) is 0 Å². The van der Waals surface area contributed by atoms with Gasteiger partial charge in [0, 0.05) is 12.6 Å². The Morgan fingerprint density at radius 1 is 1.36 bits per heavy atom. The molecule has 3 heteroatoms. The third-order valence-corrected chi connectivity index (χ3v) is 2.43. The second-order valence-electron chi connectivity index (χ2n) is 3.97. The van der Waals surface area contributed by atoms with Crippen LogP contribution in [0.25, 0.3) is 0 Å². The molecule has 0 aliphatic carbocycles. The standard InChI is InChI=1S/C11H24N2O/c1-5-7-8-10(12)11(14)13(6-2)9(3)4/h9-10H,5-8,12H2,1-4H3/t10-/m0/s1. The topological polar surface area (TPSA) is 46.3 Å². The summed E-state index contributed by atoms with van der Waals surface area (Å²) in [5.74, 6) is 0.0935. The molecular formula is C11H24N2O. The molecule has 0 heterocycles. The number of nitrogens with zero attached hydrogens (tertiary/aromatic N) is 1. The Hall–Kier alpha value is -0.570. The zero-order chi connectivity index (χ0) is 11.1. The Morgan fingerprint density at radius 2 is 1.93 bits per heavy atom. The summed E-state index contributed by atoms with van der Waals surface area (Å²) in [5, 5.41) is 0. The second-order valence-corrected chi connectivity index (χ2v) is 3.97. The van der Waals surface area contributed by atoms with Crippen molar-refractivity contribution in [3.05, 3.63) is 0 Å². The highest BCUT2D eigenvalue weighted by atomic mass is 16.2. The lowest BCUT2D eigenvalue weighted by Crippen LogP contribution is -2.46. The van der Waals surface area contributed by atoms with E-state index in [1.54, 1.807) is 0 Å². The quantitative estimate of drug-likeness (QED) is 0.710.